The van der Waals surface area contributed by atoms with Crippen molar-refractivity contribution in [1.29, 1.82) is 0 Å². The Morgan fingerprint density at radius 2 is 1.44 bits per heavy atom. The number of carbonyl (C=O) groups is 2. The highest BCUT2D eigenvalue weighted by Gasteiger charge is 2.35. The number of nitrogens with one attached hydrogen (secondary N) is 1. The van der Waals surface area contributed by atoms with Crippen molar-refractivity contribution < 1.29 is 22.7 Å². The maximum Gasteiger partial charge on any atom is 0.264 e. The predicted octanol–water partition coefficient (Wildman–Crippen LogP) is 6.10. The van der Waals surface area contributed by atoms with Crippen LogP contribution in [0.25, 0.3) is 0 Å². The summed E-state index contributed by atoms with van der Waals surface area (Å²) < 4.78 is 35.2. The molecule has 4 aromatic carbocycles. The second-order valence-corrected chi connectivity index (χ2v) is 12.7. The summed E-state index contributed by atoms with van der Waals surface area (Å²) in [7, 11) is -4.23. The van der Waals surface area contributed by atoms with Gasteiger partial charge in [0.15, 0.2) is 0 Å². The zero-order chi connectivity index (χ0) is 32.2. The van der Waals surface area contributed by atoms with Crippen LogP contribution < -0.4 is 14.4 Å². The molecule has 1 atom stereocenters. The number of nitrogens with zero attached hydrogens (tertiary/aromatic N) is 2. The van der Waals surface area contributed by atoms with Gasteiger partial charge in [0, 0.05) is 24.5 Å². The van der Waals surface area contributed by atoms with Crippen molar-refractivity contribution in [3.63, 3.8) is 0 Å². The van der Waals surface area contributed by atoms with Gasteiger partial charge in [0.05, 0.1) is 17.2 Å². The van der Waals surface area contributed by atoms with Crippen LogP contribution in [0.3, 0.4) is 0 Å². The van der Waals surface area contributed by atoms with Gasteiger partial charge in [0.25, 0.3) is 10.0 Å². The smallest absolute Gasteiger partial charge is 0.264 e. The number of halogens is 1. The monoisotopic (exact) mass is 647 g/mol. The molecule has 4 aromatic rings. The van der Waals surface area contributed by atoms with Crippen molar-refractivity contribution in [2.75, 3.05) is 24.0 Å². The first-order valence-electron chi connectivity index (χ1n) is 14.9. The highest BCUT2D eigenvalue weighted by molar-refractivity contribution is 7.92. The molecule has 0 heterocycles. The second-order valence-electron chi connectivity index (χ2n) is 10.4. The fourth-order valence-electron chi connectivity index (χ4n) is 4.88. The van der Waals surface area contributed by atoms with Crippen LogP contribution in [0.2, 0.25) is 5.02 Å². The molecule has 0 aliphatic heterocycles. The van der Waals surface area contributed by atoms with E-state index in [0.29, 0.717) is 30.3 Å². The van der Waals surface area contributed by atoms with E-state index in [1.165, 1.54) is 17.0 Å². The van der Waals surface area contributed by atoms with Crippen molar-refractivity contribution in [1.82, 2.24) is 10.2 Å². The van der Waals surface area contributed by atoms with Crippen LogP contribution >= 0.6 is 11.6 Å². The summed E-state index contributed by atoms with van der Waals surface area (Å²) in [5, 5.41) is 3.48. The molecule has 0 spiro atoms. The molecule has 0 aliphatic rings. The number of hydrogen-bond donors (Lipinski definition) is 1. The summed E-state index contributed by atoms with van der Waals surface area (Å²) in [6.07, 6.45) is 0.947. The van der Waals surface area contributed by atoms with Crippen LogP contribution in [-0.4, -0.2) is 50.9 Å². The van der Waals surface area contributed by atoms with Crippen LogP contribution in [0, 0.1) is 0 Å². The standard InChI is InChI=1S/C35H38ClN3O5S/c1-3-23-37-35(41)32(24-27-13-7-5-8-14-27)38(25-28-19-21-29(36)22-20-28)34(40)26-39(31-17-11-12-18-33(31)44-4-2)45(42,43)30-15-9-6-10-16-30/h5-22,32H,3-4,23-26H2,1-2H3,(H,37,41)/t32-/m0/s1. The normalized spacial score (nSPS) is 11.8. The van der Waals surface area contributed by atoms with Gasteiger partial charge in [0.1, 0.15) is 18.3 Å². The Labute approximate surface area is 270 Å². The minimum atomic E-state index is -4.23. The molecule has 0 saturated carbocycles. The van der Waals surface area contributed by atoms with Gasteiger partial charge in [0.2, 0.25) is 11.8 Å². The molecular weight excluding hydrogens is 610 g/mol. The maximum atomic E-state index is 14.5. The number of carbonyl (C=O) groups excluding carboxylic acids is 2. The van der Waals surface area contributed by atoms with E-state index in [1.54, 1.807) is 73.7 Å². The Hall–Kier alpha value is -4.34. The molecular formula is C35H38ClN3O5S. The molecule has 8 nitrogen and oxygen atoms in total. The quantitative estimate of drug-likeness (QED) is 0.168. The van der Waals surface area contributed by atoms with Crippen molar-refractivity contribution >= 4 is 39.1 Å². The van der Waals surface area contributed by atoms with Gasteiger partial charge in [-0.05, 0) is 60.9 Å². The molecule has 4 rings (SSSR count). The second kappa shape index (κ2) is 16.1. The van der Waals surface area contributed by atoms with E-state index in [4.69, 9.17) is 16.3 Å². The molecule has 10 heteroatoms. The fraction of sp³-hybridized carbons (Fsp3) is 0.257. The van der Waals surface area contributed by atoms with Crippen molar-refractivity contribution in [2.24, 2.45) is 0 Å². The molecule has 0 radical (unpaired) electrons. The lowest BCUT2D eigenvalue weighted by Crippen LogP contribution is -2.53. The molecule has 1 N–H and O–H groups in total. The minimum Gasteiger partial charge on any atom is -0.492 e. The topological polar surface area (TPSA) is 96.0 Å². The van der Waals surface area contributed by atoms with Crippen LogP contribution in [0.1, 0.15) is 31.4 Å². The average molecular weight is 648 g/mol. The molecule has 0 unspecified atom stereocenters. The van der Waals surface area contributed by atoms with E-state index >= 15 is 0 Å². The predicted molar refractivity (Wildman–Crippen MR) is 178 cm³/mol. The zero-order valence-electron chi connectivity index (χ0n) is 25.4. The molecule has 0 saturated heterocycles. The summed E-state index contributed by atoms with van der Waals surface area (Å²) in [4.78, 5) is 29.7. The summed E-state index contributed by atoms with van der Waals surface area (Å²) in [6.45, 7) is 3.97. The largest absolute Gasteiger partial charge is 0.492 e. The Balaban J connectivity index is 1.82. The highest BCUT2D eigenvalue weighted by atomic mass is 35.5. The fourth-order valence-corrected chi connectivity index (χ4v) is 6.45. The Kier molecular flexibility index (Phi) is 12.0. The summed E-state index contributed by atoms with van der Waals surface area (Å²) in [5.41, 5.74) is 1.82. The molecule has 45 heavy (non-hydrogen) atoms. The van der Waals surface area contributed by atoms with Crippen molar-refractivity contribution in [3.05, 3.63) is 125 Å². The summed E-state index contributed by atoms with van der Waals surface area (Å²) in [6, 6.07) is 30.2. The zero-order valence-corrected chi connectivity index (χ0v) is 27.0. The van der Waals surface area contributed by atoms with Crippen LogP contribution in [0.15, 0.2) is 114 Å². The minimum absolute atomic E-state index is 0.0230. The third-order valence-electron chi connectivity index (χ3n) is 7.13. The lowest BCUT2D eigenvalue weighted by Gasteiger charge is -2.34. The number of hydrogen-bond acceptors (Lipinski definition) is 5. The highest BCUT2D eigenvalue weighted by Crippen LogP contribution is 2.33. The van der Waals surface area contributed by atoms with Gasteiger partial charge < -0.3 is 15.0 Å². The lowest BCUT2D eigenvalue weighted by atomic mass is 10.0. The number of benzene rings is 4. The van der Waals surface area contributed by atoms with Gasteiger partial charge in [-0.1, -0.05) is 91.3 Å². The van der Waals surface area contributed by atoms with Crippen LogP contribution in [-0.2, 0) is 32.6 Å². The third kappa shape index (κ3) is 8.86. The van der Waals surface area contributed by atoms with E-state index < -0.39 is 28.5 Å². The molecule has 2 amide bonds. The molecule has 0 aliphatic carbocycles. The number of rotatable bonds is 15. The van der Waals surface area contributed by atoms with Gasteiger partial charge in [-0.2, -0.15) is 0 Å². The first kappa shape index (κ1) is 33.6. The first-order valence-corrected chi connectivity index (χ1v) is 16.7. The van der Waals surface area contributed by atoms with E-state index in [-0.39, 0.29) is 29.5 Å². The Morgan fingerprint density at radius 3 is 2.09 bits per heavy atom. The molecule has 0 fully saturated rings. The maximum absolute atomic E-state index is 14.5. The van der Waals surface area contributed by atoms with E-state index in [1.807, 2.05) is 37.3 Å². The van der Waals surface area contributed by atoms with Gasteiger partial charge in [-0.3, -0.25) is 13.9 Å². The number of para-hydroxylation sites is 2. The van der Waals surface area contributed by atoms with E-state index in [9.17, 15) is 18.0 Å². The third-order valence-corrected chi connectivity index (χ3v) is 9.16. The SMILES string of the molecule is CCCNC(=O)[C@H](Cc1ccccc1)N(Cc1ccc(Cl)cc1)C(=O)CN(c1ccccc1OCC)S(=O)(=O)c1ccccc1. The Bertz CT molecular complexity index is 1650. The number of amides is 2. The van der Waals surface area contributed by atoms with Gasteiger partial charge in [-0.25, -0.2) is 8.42 Å². The average Bonchev–Trinajstić information content (AvgIpc) is 3.06. The molecule has 0 aromatic heterocycles. The lowest BCUT2D eigenvalue weighted by molar-refractivity contribution is -0.140. The van der Waals surface area contributed by atoms with Crippen LogP contribution in [0.4, 0.5) is 5.69 Å². The van der Waals surface area contributed by atoms with E-state index in [2.05, 4.69) is 5.32 Å². The van der Waals surface area contributed by atoms with Crippen molar-refractivity contribution in [3.8, 4) is 5.75 Å². The number of ether oxygens (including phenoxy) is 1. The summed E-state index contributed by atoms with van der Waals surface area (Å²) >= 11 is 6.14. The van der Waals surface area contributed by atoms with Gasteiger partial charge in [-0.15, -0.1) is 0 Å². The van der Waals surface area contributed by atoms with Crippen LogP contribution in [0.5, 0.6) is 5.75 Å². The first-order chi connectivity index (χ1) is 21.7. The summed E-state index contributed by atoms with van der Waals surface area (Å²) in [5.74, 6) is -0.559. The van der Waals surface area contributed by atoms with Gasteiger partial charge >= 0.3 is 0 Å². The molecule has 0 bridgehead atoms. The number of anilines is 1. The Morgan fingerprint density at radius 1 is 0.822 bits per heavy atom. The van der Waals surface area contributed by atoms with Crippen molar-refractivity contribution in [2.45, 2.75) is 44.2 Å². The van der Waals surface area contributed by atoms with E-state index in [0.717, 1.165) is 15.4 Å². The number of sulfonamides is 1. The molecule has 236 valence electrons.